The number of nitrogens with zero attached hydrogens (tertiary/aromatic N) is 5. The summed E-state index contributed by atoms with van der Waals surface area (Å²) in [5, 5.41) is 9.62. The zero-order valence-electron chi connectivity index (χ0n) is 14.9. The van der Waals surface area contributed by atoms with E-state index >= 15 is 0 Å². The first kappa shape index (κ1) is 17.4. The minimum Gasteiger partial charge on any atom is -0.378 e. The molecule has 0 saturated heterocycles. The standard InChI is InChI=1S/C17H23N5O3/c1-4-5-6-25-12-7-17(8-12,9-18)10-22-15(23)13-14(19-11-20(13)2)21(3)16(22)24/h11-12H,4-8,10H2,1-3H3. The largest absolute Gasteiger partial charge is 0.378 e. The fraction of sp³-hybridized carbons (Fsp3) is 0.647. The lowest BCUT2D eigenvalue weighted by molar-refractivity contribution is -0.0642. The van der Waals surface area contributed by atoms with Gasteiger partial charge in [0.2, 0.25) is 0 Å². The molecule has 0 atom stereocenters. The van der Waals surface area contributed by atoms with Gasteiger partial charge < -0.3 is 9.30 Å². The molecule has 134 valence electrons. The van der Waals surface area contributed by atoms with Gasteiger partial charge in [0, 0.05) is 27.2 Å². The van der Waals surface area contributed by atoms with Crippen LogP contribution < -0.4 is 11.2 Å². The van der Waals surface area contributed by atoms with E-state index in [2.05, 4.69) is 18.0 Å². The maximum atomic E-state index is 12.8. The minimum atomic E-state index is -0.723. The highest BCUT2D eigenvalue weighted by atomic mass is 16.5. The van der Waals surface area contributed by atoms with Gasteiger partial charge in [-0.15, -0.1) is 0 Å². The molecule has 25 heavy (non-hydrogen) atoms. The fourth-order valence-electron chi connectivity index (χ4n) is 3.42. The van der Waals surface area contributed by atoms with Gasteiger partial charge in [-0.25, -0.2) is 9.78 Å². The Morgan fingerprint density at radius 1 is 1.40 bits per heavy atom. The monoisotopic (exact) mass is 345 g/mol. The van der Waals surface area contributed by atoms with Gasteiger partial charge in [0.15, 0.2) is 11.2 Å². The van der Waals surface area contributed by atoms with Crippen LogP contribution in [0.3, 0.4) is 0 Å². The summed E-state index contributed by atoms with van der Waals surface area (Å²) in [7, 11) is 3.30. The van der Waals surface area contributed by atoms with Gasteiger partial charge >= 0.3 is 5.69 Å². The third-order valence-electron chi connectivity index (χ3n) is 4.99. The number of imidazole rings is 1. The predicted molar refractivity (Wildman–Crippen MR) is 92.1 cm³/mol. The second kappa shape index (κ2) is 6.48. The molecule has 2 aromatic rings. The lowest BCUT2D eigenvalue weighted by Gasteiger charge is -2.42. The van der Waals surface area contributed by atoms with Crippen molar-refractivity contribution in [1.82, 2.24) is 18.7 Å². The second-order valence-electron chi connectivity index (χ2n) is 6.91. The first-order valence-corrected chi connectivity index (χ1v) is 8.56. The van der Waals surface area contributed by atoms with Crippen LogP contribution in [0, 0.1) is 16.7 Å². The number of hydrogen-bond donors (Lipinski definition) is 0. The lowest BCUT2D eigenvalue weighted by Crippen LogP contribution is -2.50. The number of rotatable bonds is 6. The molecule has 0 N–H and O–H groups in total. The Morgan fingerprint density at radius 2 is 2.12 bits per heavy atom. The molecule has 3 rings (SSSR count). The van der Waals surface area contributed by atoms with Crippen LogP contribution in [-0.2, 0) is 25.4 Å². The van der Waals surface area contributed by atoms with E-state index in [1.807, 2.05) is 0 Å². The molecule has 0 unspecified atom stereocenters. The molecule has 0 radical (unpaired) electrons. The highest BCUT2D eigenvalue weighted by molar-refractivity contribution is 5.69. The summed E-state index contributed by atoms with van der Waals surface area (Å²) in [5.41, 5.74) is -0.845. The molecular formula is C17H23N5O3. The van der Waals surface area contributed by atoms with Gasteiger partial charge in [0.05, 0.1) is 23.9 Å². The fourth-order valence-corrected chi connectivity index (χ4v) is 3.42. The first-order valence-electron chi connectivity index (χ1n) is 8.56. The molecule has 2 aromatic heterocycles. The third-order valence-corrected chi connectivity index (χ3v) is 4.99. The number of hydrogen-bond acceptors (Lipinski definition) is 5. The van der Waals surface area contributed by atoms with Crippen molar-refractivity contribution in [3.63, 3.8) is 0 Å². The SMILES string of the molecule is CCCCOC1CC(C#N)(Cn2c(=O)c3c(ncn3C)n(C)c2=O)C1. The van der Waals surface area contributed by atoms with E-state index in [-0.39, 0.29) is 12.6 Å². The van der Waals surface area contributed by atoms with E-state index in [4.69, 9.17) is 4.74 Å². The molecular weight excluding hydrogens is 322 g/mol. The van der Waals surface area contributed by atoms with E-state index in [1.54, 1.807) is 18.7 Å². The Hall–Kier alpha value is -2.40. The van der Waals surface area contributed by atoms with Crippen LogP contribution in [0.25, 0.3) is 11.2 Å². The molecule has 0 amide bonds. The van der Waals surface area contributed by atoms with E-state index < -0.39 is 16.7 Å². The highest BCUT2D eigenvalue weighted by Gasteiger charge is 2.46. The van der Waals surface area contributed by atoms with Crippen LogP contribution in [0.5, 0.6) is 0 Å². The van der Waals surface area contributed by atoms with Gasteiger partial charge in [-0.1, -0.05) is 13.3 Å². The molecule has 0 bridgehead atoms. The molecule has 0 aromatic carbocycles. The van der Waals surface area contributed by atoms with Gasteiger partial charge in [-0.2, -0.15) is 5.26 Å². The Morgan fingerprint density at radius 3 is 2.76 bits per heavy atom. The van der Waals surface area contributed by atoms with Crippen molar-refractivity contribution in [1.29, 1.82) is 5.26 Å². The number of nitriles is 1. The van der Waals surface area contributed by atoms with Crippen molar-refractivity contribution in [3.8, 4) is 6.07 Å². The number of aromatic nitrogens is 4. The average Bonchev–Trinajstić information content (AvgIpc) is 2.95. The van der Waals surface area contributed by atoms with Gasteiger partial charge in [-0.05, 0) is 19.3 Å². The van der Waals surface area contributed by atoms with Crippen LogP contribution >= 0.6 is 0 Å². The summed E-state index contributed by atoms with van der Waals surface area (Å²) in [6, 6.07) is 2.30. The van der Waals surface area contributed by atoms with Crippen molar-refractivity contribution in [2.24, 2.45) is 19.5 Å². The molecule has 8 nitrogen and oxygen atoms in total. The Kier molecular flexibility index (Phi) is 4.52. The predicted octanol–water partition coefficient (Wildman–Crippen LogP) is 0.923. The smallest absolute Gasteiger partial charge is 0.332 e. The Bertz CT molecular complexity index is 940. The number of ether oxygens (including phenoxy) is 1. The van der Waals surface area contributed by atoms with Crippen molar-refractivity contribution >= 4 is 11.2 Å². The summed E-state index contributed by atoms with van der Waals surface area (Å²) in [6.45, 7) is 2.87. The average molecular weight is 345 g/mol. The molecule has 1 fully saturated rings. The van der Waals surface area contributed by atoms with Crippen molar-refractivity contribution in [2.75, 3.05) is 6.61 Å². The summed E-state index contributed by atoms with van der Waals surface area (Å²) < 4.78 is 9.86. The maximum Gasteiger partial charge on any atom is 0.332 e. The normalized spacial score (nSPS) is 22.7. The van der Waals surface area contributed by atoms with Crippen LogP contribution in [0.1, 0.15) is 32.6 Å². The van der Waals surface area contributed by atoms with Gasteiger partial charge in [0.1, 0.15) is 0 Å². The summed E-state index contributed by atoms with van der Waals surface area (Å²) in [5.74, 6) is 0. The molecule has 1 aliphatic carbocycles. The molecule has 8 heteroatoms. The lowest BCUT2D eigenvalue weighted by atomic mass is 9.67. The quantitative estimate of drug-likeness (QED) is 0.726. The first-order chi connectivity index (χ1) is 11.9. The Balaban J connectivity index is 1.88. The van der Waals surface area contributed by atoms with E-state index in [1.165, 1.54) is 10.9 Å². The molecule has 2 heterocycles. The highest BCUT2D eigenvalue weighted by Crippen LogP contribution is 2.43. The maximum absolute atomic E-state index is 12.8. The number of unbranched alkanes of at least 4 members (excludes halogenated alkanes) is 1. The van der Waals surface area contributed by atoms with Crippen LogP contribution in [0.4, 0.5) is 0 Å². The summed E-state index contributed by atoms with van der Waals surface area (Å²) in [4.78, 5) is 29.4. The minimum absolute atomic E-state index is 0.0335. The topological polar surface area (TPSA) is 94.8 Å². The summed E-state index contributed by atoms with van der Waals surface area (Å²) >= 11 is 0. The molecule has 1 saturated carbocycles. The van der Waals surface area contributed by atoms with E-state index in [0.29, 0.717) is 30.6 Å². The second-order valence-corrected chi connectivity index (χ2v) is 6.91. The zero-order chi connectivity index (χ0) is 18.2. The number of fused-ring (bicyclic) bond motifs is 1. The number of aryl methyl sites for hydroxylation is 2. The third kappa shape index (κ3) is 2.89. The summed E-state index contributed by atoms with van der Waals surface area (Å²) in [6.07, 6.45) is 4.70. The van der Waals surface area contributed by atoms with Crippen LogP contribution in [0.2, 0.25) is 0 Å². The van der Waals surface area contributed by atoms with E-state index in [9.17, 15) is 14.9 Å². The van der Waals surface area contributed by atoms with Crippen molar-refractivity contribution < 1.29 is 4.74 Å². The molecule has 0 aliphatic heterocycles. The van der Waals surface area contributed by atoms with Crippen LogP contribution in [-0.4, -0.2) is 31.4 Å². The zero-order valence-corrected chi connectivity index (χ0v) is 14.9. The van der Waals surface area contributed by atoms with Crippen molar-refractivity contribution in [3.05, 3.63) is 27.2 Å². The van der Waals surface area contributed by atoms with Gasteiger partial charge in [0.25, 0.3) is 5.56 Å². The van der Waals surface area contributed by atoms with Crippen molar-refractivity contribution in [2.45, 2.75) is 45.3 Å². The molecule has 1 aliphatic rings. The Labute approximate surface area is 145 Å². The molecule has 0 spiro atoms. The van der Waals surface area contributed by atoms with Gasteiger partial charge in [-0.3, -0.25) is 13.9 Å². The van der Waals surface area contributed by atoms with E-state index in [0.717, 1.165) is 17.4 Å². The van der Waals surface area contributed by atoms with Crippen LogP contribution in [0.15, 0.2) is 15.9 Å².